The summed E-state index contributed by atoms with van der Waals surface area (Å²) in [6.07, 6.45) is -3.29. The van der Waals surface area contributed by atoms with Crippen LogP contribution in [-0.4, -0.2) is 65.7 Å². The van der Waals surface area contributed by atoms with Gasteiger partial charge in [0, 0.05) is 13.1 Å². The van der Waals surface area contributed by atoms with Gasteiger partial charge in [-0.1, -0.05) is 0 Å². The fraction of sp³-hybridized carbons (Fsp3) is 0.833. The van der Waals surface area contributed by atoms with Gasteiger partial charge in [-0.3, -0.25) is 14.5 Å². The zero-order valence-corrected chi connectivity index (χ0v) is 11.3. The van der Waals surface area contributed by atoms with E-state index in [4.69, 9.17) is 5.11 Å². The third-order valence-corrected chi connectivity index (χ3v) is 3.28. The summed E-state index contributed by atoms with van der Waals surface area (Å²) < 4.78 is 37.2. The van der Waals surface area contributed by atoms with Crippen molar-refractivity contribution in [2.24, 2.45) is 5.92 Å². The number of nitrogens with zero attached hydrogens (tertiary/aromatic N) is 2. The van der Waals surface area contributed by atoms with Crippen molar-refractivity contribution in [2.75, 3.05) is 32.7 Å². The quantitative estimate of drug-likeness (QED) is 0.828. The first-order valence-electron chi connectivity index (χ1n) is 6.52. The minimum absolute atomic E-state index is 0.00618. The molecule has 0 aromatic carbocycles. The van der Waals surface area contributed by atoms with Crippen molar-refractivity contribution in [1.82, 2.24) is 9.80 Å². The number of halogens is 3. The van der Waals surface area contributed by atoms with Crippen LogP contribution in [-0.2, 0) is 9.59 Å². The van der Waals surface area contributed by atoms with Gasteiger partial charge in [-0.15, -0.1) is 0 Å². The topological polar surface area (TPSA) is 60.9 Å². The summed E-state index contributed by atoms with van der Waals surface area (Å²) in [6.45, 7) is 0.823. The summed E-state index contributed by atoms with van der Waals surface area (Å²) in [7, 11) is 0. The number of piperidine rings is 1. The second kappa shape index (κ2) is 6.92. The highest BCUT2D eigenvalue weighted by atomic mass is 19.4. The van der Waals surface area contributed by atoms with Crippen molar-refractivity contribution in [3.8, 4) is 0 Å². The fourth-order valence-corrected chi connectivity index (χ4v) is 2.41. The van der Waals surface area contributed by atoms with E-state index in [9.17, 15) is 22.8 Å². The lowest BCUT2D eigenvalue weighted by atomic mass is 9.96. The van der Waals surface area contributed by atoms with E-state index in [0.29, 0.717) is 19.4 Å². The monoisotopic (exact) mass is 296 g/mol. The van der Waals surface area contributed by atoms with Crippen molar-refractivity contribution in [1.29, 1.82) is 0 Å². The van der Waals surface area contributed by atoms with E-state index in [1.54, 1.807) is 4.90 Å². The normalized spacial score (nSPS) is 20.7. The van der Waals surface area contributed by atoms with Crippen molar-refractivity contribution in [3.05, 3.63) is 0 Å². The number of rotatable bonds is 5. The van der Waals surface area contributed by atoms with Gasteiger partial charge in [0.2, 0.25) is 5.91 Å². The smallest absolute Gasteiger partial charge is 0.406 e. The van der Waals surface area contributed by atoms with Crippen LogP contribution >= 0.6 is 0 Å². The molecule has 20 heavy (non-hydrogen) atoms. The zero-order valence-electron chi connectivity index (χ0n) is 11.3. The van der Waals surface area contributed by atoms with E-state index in [1.807, 2.05) is 0 Å². The van der Waals surface area contributed by atoms with E-state index in [0.717, 1.165) is 4.90 Å². The molecular formula is C12H19F3N2O3. The molecule has 0 aromatic rings. The molecule has 1 saturated heterocycles. The zero-order chi connectivity index (χ0) is 15.3. The number of carboxylic acid groups (broad SMARTS) is 1. The Hall–Kier alpha value is -1.31. The molecule has 1 amide bonds. The van der Waals surface area contributed by atoms with Crippen LogP contribution in [0.3, 0.4) is 0 Å². The average molecular weight is 296 g/mol. The van der Waals surface area contributed by atoms with Crippen LogP contribution in [0.4, 0.5) is 13.2 Å². The Labute approximate surface area is 115 Å². The maximum absolute atomic E-state index is 12.4. The average Bonchev–Trinajstić information content (AvgIpc) is 2.33. The van der Waals surface area contributed by atoms with Crippen LogP contribution in [0.2, 0.25) is 0 Å². The number of likely N-dealkylation sites (tertiary alicyclic amines) is 1. The molecule has 0 radical (unpaired) electrons. The molecule has 1 heterocycles. The molecule has 1 aliphatic rings. The lowest BCUT2D eigenvalue weighted by Crippen LogP contribution is -2.48. The van der Waals surface area contributed by atoms with Gasteiger partial charge >= 0.3 is 12.1 Å². The van der Waals surface area contributed by atoms with E-state index in [1.165, 1.54) is 6.92 Å². The number of carboxylic acids is 1. The van der Waals surface area contributed by atoms with Gasteiger partial charge in [0.1, 0.15) is 6.54 Å². The molecule has 8 heteroatoms. The first-order valence-corrected chi connectivity index (χ1v) is 6.52. The predicted molar refractivity (Wildman–Crippen MR) is 65.1 cm³/mol. The van der Waals surface area contributed by atoms with Crippen molar-refractivity contribution < 1.29 is 27.9 Å². The molecule has 0 spiro atoms. The first-order chi connectivity index (χ1) is 9.23. The maximum Gasteiger partial charge on any atom is 0.406 e. The van der Waals surface area contributed by atoms with Crippen LogP contribution < -0.4 is 0 Å². The van der Waals surface area contributed by atoms with Gasteiger partial charge in [-0.2, -0.15) is 13.2 Å². The minimum Gasteiger partial charge on any atom is -0.480 e. The van der Waals surface area contributed by atoms with E-state index in [-0.39, 0.29) is 19.6 Å². The summed E-state index contributed by atoms with van der Waals surface area (Å²) in [6, 6.07) is 0. The van der Waals surface area contributed by atoms with Crippen LogP contribution in [0.5, 0.6) is 0 Å². The van der Waals surface area contributed by atoms with E-state index < -0.39 is 30.5 Å². The van der Waals surface area contributed by atoms with Gasteiger partial charge in [0.05, 0.1) is 12.5 Å². The highest BCUT2D eigenvalue weighted by Crippen LogP contribution is 2.22. The van der Waals surface area contributed by atoms with Gasteiger partial charge < -0.3 is 10.0 Å². The summed E-state index contributed by atoms with van der Waals surface area (Å²) in [5.74, 6) is -2.09. The SMILES string of the molecule is CCN(CC(F)(F)F)C(=O)[C@@H]1CCCN(CC(=O)O)C1. The minimum atomic E-state index is -4.42. The molecule has 1 fully saturated rings. The Morgan fingerprint density at radius 1 is 1.40 bits per heavy atom. The molecule has 1 rings (SSSR count). The number of hydrogen-bond donors (Lipinski definition) is 1. The van der Waals surface area contributed by atoms with E-state index >= 15 is 0 Å². The summed E-state index contributed by atoms with van der Waals surface area (Å²) in [5, 5.41) is 8.71. The Morgan fingerprint density at radius 2 is 2.05 bits per heavy atom. The lowest BCUT2D eigenvalue weighted by Gasteiger charge is -2.34. The van der Waals surface area contributed by atoms with Crippen LogP contribution in [0, 0.1) is 5.92 Å². The molecule has 1 aliphatic heterocycles. The molecule has 0 saturated carbocycles. The van der Waals surface area contributed by atoms with E-state index in [2.05, 4.69) is 0 Å². The Morgan fingerprint density at radius 3 is 2.55 bits per heavy atom. The van der Waals surface area contributed by atoms with Gasteiger partial charge in [0.15, 0.2) is 0 Å². The molecule has 0 bridgehead atoms. The Kier molecular flexibility index (Phi) is 5.79. The van der Waals surface area contributed by atoms with Crippen molar-refractivity contribution in [3.63, 3.8) is 0 Å². The standard InChI is InChI=1S/C12H19F3N2O3/c1-2-17(8-12(13,14)15)11(20)9-4-3-5-16(6-9)7-10(18)19/h9H,2-8H2,1H3,(H,18,19)/t9-/m1/s1. The molecule has 1 atom stereocenters. The van der Waals surface area contributed by atoms with Crippen LogP contribution in [0.15, 0.2) is 0 Å². The number of aliphatic carboxylic acids is 1. The van der Waals surface area contributed by atoms with Crippen LogP contribution in [0.1, 0.15) is 19.8 Å². The largest absolute Gasteiger partial charge is 0.480 e. The molecular weight excluding hydrogens is 277 g/mol. The van der Waals surface area contributed by atoms with Gasteiger partial charge in [0.25, 0.3) is 0 Å². The summed E-state index contributed by atoms with van der Waals surface area (Å²) >= 11 is 0. The van der Waals surface area contributed by atoms with Crippen LogP contribution in [0.25, 0.3) is 0 Å². The highest BCUT2D eigenvalue weighted by molar-refractivity contribution is 5.79. The van der Waals surface area contributed by atoms with Crippen molar-refractivity contribution >= 4 is 11.9 Å². The number of alkyl halides is 3. The predicted octanol–water partition coefficient (Wildman–Crippen LogP) is 1.19. The second-order valence-corrected chi connectivity index (χ2v) is 4.94. The molecule has 116 valence electrons. The first kappa shape index (κ1) is 16.7. The second-order valence-electron chi connectivity index (χ2n) is 4.94. The number of amides is 1. The summed E-state index contributed by atoms with van der Waals surface area (Å²) in [5.41, 5.74) is 0. The third kappa shape index (κ3) is 5.36. The molecule has 0 aliphatic carbocycles. The Balaban J connectivity index is 2.62. The maximum atomic E-state index is 12.4. The molecule has 0 unspecified atom stereocenters. The number of carbonyl (C=O) groups excluding carboxylic acids is 1. The van der Waals surface area contributed by atoms with Gasteiger partial charge in [-0.25, -0.2) is 0 Å². The number of carbonyl (C=O) groups is 2. The molecule has 1 N–H and O–H groups in total. The van der Waals surface area contributed by atoms with Crippen molar-refractivity contribution in [2.45, 2.75) is 25.9 Å². The summed E-state index contributed by atoms with van der Waals surface area (Å²) in [4.78, 5) is 25.1. The fourth-order valence-electron chi connectivity index (χ4n) is 2.41. The number of hydrogen-bond acceptors (Lipinski definition) is 3. The van der Waals surface area contributed by atoms with Gasteiger partial charge in [-0.05, 0) is 26.3 Å². The molecule has 5 nitrogen and oxygen atoms in total. The third-order valence-electron chi connectivity index (χ3n) is 3.28. The Bertz CT molecular complexity index is 360. The highest BCUT2D eigenvalue weighted by Gasteiger charge is 2.36. The molecule has 0 aromatic heterocycles. The lowest BCUT2D eigenvalue weighted by molar-refractivity contribution is -0.164.